The zero-order valence-corrected chi connectivity index (χ0v) is 11.4. The fourth-order valence-electron chi connectivity index (χ4n) is 2.08. The summed E-state index contributed by atoms with van der Waals surface area (Å²) >= 11 is 0. The van der Waals surface area contributed by atoms with Gasteiger partial charge >= 0.3 is 0 Å². The van der Waals surface area contributed by atoms with Crippen LogP contribution in [0.5, 0.6) is 5.75 Å². The van der Waals surface area contributed by atoms with E-state index in [1.807, 2.05) is 0 Å². The zero-order valence-electron chi connectivity index (χ0n) is 11.4. The van der Waals surface area contributed by atoms with Crippen LogP contribution in [-0.2, 0) is 9.53 Å². The molecular weight excluding hydrogens is 263 g/mol. The summed E-state index contributed by atoms with van der Waals surface area (Å²) in [5.74, 6) is -0.377. The largest absolute Gasteiger partial charge is 0.494 e. The van der Waals surface area contributed by atoms with E-state index in [-0.39, 0.29) is 24.2 Å². The molecule has 20 heavy (non-hydrogen) atoms. The van der Waals surface area contributed by atoms with Gasteiger partial charge in [-0.1, -0.05) is 0 Å². The Morgan fingerprint density at radius 1 is 1.45 bits per heavy atom. The minimum atomic E-state index is -0.456. The van der Waals surface area contributed by atoms with Crippen LogP contribution in [0.25, 0.3) is 0 Å². The number of carbonyl (C=O) groups excluding carboxylic acids is 1. The van der Waals surface area contributed by atoms with E-state index in [9.17, 15) is 9.18 Å². The van der Waals surface area contributed by atoms with Gasteiger partial charge in [-0.2, -0.15) is 0 Å². The molecule has 110 valence electrons. The van der Waals surface area contributed by atoms with Crippen LogP contribution >= 0.6 is 0 Å². The first kappa shape index (κ1) is 14.6. The molecule has 1 aliphatic heterocycles. The summed E-state index contributed by atoms with van der Waals surface area (Å²) in [6.07, 6.45) is 1.67. The summed E-state index contributed by atoms with van der Waals surface area (Å²) in [5, 5.41) is 5.81. The van der Waals surface area contributed by atoms with Crippen molar-refractivity contribution in [2.45, 2.75) is 18.9 Å². The molecule has 0 unspecified atom stereocenters. The average molecular weight is 282 g/mol. The first-order valence-corrected chi connectivity index (χ1v) is 6.63. The van der Waals surface area contributed by atoms with Gasteiger partial charge in [0.1, 0.15) is 0 Å². The number of nitrogens with one attached hydrogen (secondary N) is 2. The minimum Gasteiger partial charge on any atom is -0.494 e. The molecule has 1 fully saturated rings. The van der Waals surface area contributed by atoms with Crippen LogP contribution in [0.2, 0.25) is 0 Å². The Labute approximate surface area is 117 Å². The van der Waals surface area contributed by atoms with Crippen molar-refractivity contribution in [2.75, 3.05) is 32.2 Å². The summed E-state index contributed by atoms with van der Waals surface area (Å²) < 4.78 is 23.5. The number of ether oxygens (including phenoxy) is 2. The molecule has 1 aromatic carbocycles. The second-order valence-electron chi connectivity index (χ2n) is 4.66. The van der Waals surface area contributed by atoms with Gasteiger partial charge in [0.05, 0.1) is 13.7 Å². The molecule has 1 aliphatic rings. The fraction of sp³-hybridized carbons (Fsp3) is 0.500. The molecule has 1 heterocycles. The van der Waals surface area contributed by atoms with E-state index in [1.165, 1.54) is 19.2 Å². The summed E-state index contributed by atoms with van der Waals surface area (Å²) in [7, 11) is 1.41. The van der Waals surface area contributed by atoms with Crippen LogP contribution in [0.4, 0.5) is 10.1 Å². The third-order valence-corrected chi connectivity index (χ3v) is 3.19. The Bertz CT molecular complexity index is 462. The number of hydrogen-bond acceptors (Lipinski definition) is 4. The second-order valence-corrected chi connectivity index (χ2v) is 4.66. The highest BCUT2D eigenvalue weighted by Crippen LogP contribution is 2.20. The van der Waals surface area contributed by atoms with E-state index in [1.54, 1.807) is 6.07 Å². The van der Waals surface area contributed by atoms with Crippen molar-refractivity contribution in [2.24, 2.45) is 0 Å². The molecule has 2 rings (SSSR count). The normalized spacial score (nSPS) is 15.7. The number of rotatable bonds is 5. The molecule has 0 spiro atoms. The molecular formula is C14H19FN2O3. The van der Waals surface area contributed by atoms with Gasteiger partial charge in [-0.3, -0.25) is 4.79 Å². The van der Waals surface area contributed by atoms with Crippen molar-refractivity contribution >= 4 is 11.6 Å². The Morgan fingerprint density at radius 3 is 2.85 bits per heavy atom. The molecule has 0 radical (unpaired) electrons. The lowest BCUT2D eigenvalue weighted by atomic mass is 10.1. The smallest absolute Gasteiger partial charge is 0.239 e. The van der Waals surface area contributed by atoms with Crippen molar-refractivity contribution in [3.05, 3.63) is 24.0 Å². The number of amides is 1. The molecule has 1 saturated heterocycles. The van der Waals surface area contributed by atoms with Crippen LogP contribution in [0, 0.1) is 5.82 Å². The van der Waals surface area contributed by atoms with Crippen LogP contribution in [0.3, 0.4) is 0 Å². The van der Waals surface area contributed by atoms with Crippen molar-refractivity contribution in [1.82, 2.24) is 5.32 Å². The lowest BCUT2D eigenvalue weighted by Gasteiger charge is -2.23. The van der Waals surface area contributed by atoms with Crippen LogP contribution in [0.15, 0.2) is 18.2 Å². The number of halogens is 1. The summed E-state index contributed by atoms with van der Waals surface area (Å²) in [6.45, 7) is 1.48. The number of methoxy groups -OCH3 is 1. The van der Waals surface area contributed by atoms with Crippen LogP contribution in [0.1, 0.15) is 12.8 Å². The molecule has 0 saturated carbocycles. The maximum Gasteiger partial charge on any atom is 0.239 e. The lowest BCUT2D eigenvalue weighted by molar-refractivity contribution is -0.120. The standard InChI is InChI=1S/C14H19FN2O3/c1-19-13-3-2-11(8-12(13)15)16-9-14(18)17-10-4-6-20-7-5-10/h2-3,8,10,16H,4-7,9H2,1H3,(H,17,18). The zero-order chi connectivity index (χ0) is 14.4. The summed E-state index contributed by atoms with van der Waals surface area (Å²) in [6, 6.07) is 4.67. The SMILES string of the molecule is COc1ccc(NCC(=O)NC2CCOCC2)cc1F. The van der Waals surface area contributed by atoms with Gasteiger partial charge in [-0.25, -0.2) is 4.39 Å². The number of anilines is 1. The third kappa shape index (κ3) is 4.09. The van der Waals surface area contributed by atoms with Gasteiger partial charge in [-0.05, 0) is 25.0 Å². The lowest BCUT2D eigenvalue weighted by Crippen LogP contribution is -2.41. The summed E-state index contributed by atoms with van der Waals surface area (Å²) in [5.41, 5.74) is 0.547. The van der Waals surface area contributed by atoms with Crippen molar-refractivity contribution in [3.8, 4) is 5.75 Å². The second kappa shape index (κ2) is 7.09. The van der Waals surface area contributed by atoms with E-state index < -0.39 is 5.82 Å². The van der Waals surface area contributed by atoms with Gasteiger partial charge in [0.15, 0.2) is 11.6 Å². The van der Waals surface area contributed by atoms with Gasteiger partial charge in [0.2, 0.25) is 5.91 Å². The average Bonchev–Trinajstić information content (AvgIpc) is 2.46. The Balaban J connectivity index is 1.79. The van der Waals surface area contributed by atoms with Crippen molar-refractivity contribution in [1.29, 1.82) is 0 Å². The van der Waals surface area contributed by atoms with Crippen molar-refractivity contribution < 1.29 is 18.7 Å². The Kier molecular flexibility index (Phi) is 5.17. The molecule has 0 aliphatic carbocycles. The molecule has 1 aromatic rings. The van der Waals surface area contributed by atoms with Gasteiger partial charge < -0.3 is 20.1 Å². The number of carbonyl (C=O) groups is 1. The van der Waals surface area contributed by atoms with E-state index in [0.29, 0.717) is 18.9 Å². The third-order valence-electron chi connectivity index (χ3n) is 3.19. The molecule has 5 nitrogen and oxygen atoms in total. The highest BCUT2D eigenvalue weighted by Gasteiger charge is 2.15. The highest BCUT2D eigenvalue weighted by molar-refractivity contribution is 5.81. The van der Waals surface area contributed by atoms with Crippen LogP contribution in [-0.4, -0.2) is 38.8 Å². The molecule has 0 atom stereocenters. The number of hydrogen-bond donors (Lipinski definition) is 2. The van der Waals surface area contributed by atoms with E-state index in [0.717, 1.165) is 12.8 Å². The maximum absolute atomic E-state index is 13.5. The molecule has 0 aromatic heterocycles. The van der Waals surface area contributed by atoms with E-state index >= 15 is 0 Å². The maximum atomic E-state index is 13.5. The Hall–Kier alpha value is -1.82. The predicted molar refractivity (Wildman–Crippen MR) is 73.4 cm³/mol. The minimum absolute atomic E-state index is 0.104. The fourth-order valence-corrected chi connectivity index (χ4v) is 2.08. The van der Waals surface area contributed by atoms with Gasteiger partial charge in [-0.15, -0.1) is 0 Å². The first-order chi connectivity index (χ1) is 9.69. The monoisotopic (exact) mass is 282 g/mol. The van der Waals surface area contributed by atoms with Crippen LogP contribution < -0.4 is 15.4 Å². The number of benzene rings is 1. The molecule has 2 N–H and O–H groups in total. The van der Waals surface area contributed by atoms with Gasteiger partial charge in [0.25, 0.3) is 0 Å². The van der Waals surface area contributed by atoms with Gasteiger partial charge in [0, 0.05) is 31.0 Å². The first-order valence-electron chi connectivity index (χ1n) is 6.63. The Morgan fingerprint density at radius 2 is 2.20 bits per heavy atom. The van der Waals surface area contributed by atoms with Crippen molar-refractivity contribution in [3.63, 3.8) is 0 Å². The molecule has 0 bridgehead atoms. The molecule has 1 amide bonds. The predicted octanol–water partition coefficient (Wildman–Crippen LogP) is 1.54. The molecule has 6 heteroatoms. The highest BCUT2D eigenvalue weighted by atomic mass is 19.1. The van der Waals surface area contributed by atoms with E-state index in [4.69, 9.17) is 9.47 Å². The quantitative estimate of drug-likeness (QED) is 0.860. The van der Waals surface area contributed by atoms with E-state index in [2.05, 4.69) is 10.6 Å². The summed E-state index contributed by atoms with van der Waals surface area (Å²) in [4.78, 5) is 11.8. The topological polar surface area (TPSA) is 59.6 Å².